The minimum Gasteiger partial charge on any atom is -0.507 e. The van der Waals surface area contributed by atoms with Crippen LogP contribution in [-0.2, 0) is 9.59 Å². The first-order valence-corrected chi connectivity index (χ1v) is 14.0. The summed E-state index contributed by atoms with van der Waals surface area (Å²) >= 11 is 0. The van der Waals surface area contributed by atoms with E-state index in [1.165, 1.54) is 64.1 Å². The van der Waals surface area contributed by atoms with E-state index in [-0.39, 0.29) is 54.9 Å². The van der Waals surface area contributed by atoms with Gasteiger partial charge in [0.2, 0.25) is 0 Å². The molecule has 0 aliphatic heterocycles. The largest absolute Gasteiger partial charge is 0.507 e. The van der Waals surface area contributed by atoms with Crippen molar-refractivity contribution in [2.24, 2.45) is 0 Å². The number of hydrogen-bond donors (Lipinski definition) is 6. The van der Waals surface area contributed by atoms with Crippen molar-refractivity contribution in [2.45, 2.75) is 63.6 Å². The van der Waals surface area contributed by atoms with Gasteiger partial charge in [0.1, 0.15) is 34.6 Å². The van der Waals surface area contributed by atoms with Crippen LogP contribution in [0.25, 0.3) is 32.7 Å². The second-order valence-electron chi connectivity index (χ2n) is 12.4. The Morgan fingerprint density at radius 2 is 0.977 bits per heavy atom. The molecule has 4 aromatic rings. The molecule has 0 fully saturated rings. The van der Waals surface area contributed by atoms with Crippen LogP contribution in [0, 0.1) is 0 Å². The molecular weight excluding hydrogens is 568 g/mol. The quantitative estimate of drug-likeness (QED) is 0.196. The molecule has 2 aliphatic carbocycles. The predicted molar refractivity (Wildman–Crippen MR) is 160 cm³/mol. The van der Waals surface area contributed by atoms with Crippen molar-refractivity contribution in [3.05, 3.63) is 58.7 Å². The van der Waals surface area contributed by atoms with Gasteiger partial charge in [-0.15, -0.1) is 0 Å². The van der Waals surface area contributed by atoms with Crippen LogP contribution in [0.2, 0.25) is 0 Å². The third-order valence-corrected chi connectivity index (χ3v) is 9.13. The van der Waals surface area contributed by atoms with Crippen LogP contribution in [0.5, 0.6) is 23.0 Å². The Hall–Kier alpha value is -4.80. The molecule has 10 nitrogen and oxygen atoms in total. The maximum atomic E-state index is 13.7. The van der Waals surface area contributed by atoms with Crippen LogP contribution in [0.3, 0.4) is 0 Å². The van der Waals surface area contributed by atoms with E-state index in [0.717, 1.165) is 0 Å². The molecule has 0 aromatic heterocycles. The van der Waals surface area contributed by atoms with Gasteiger partial charge in [-0.2, -0.15) is 0 Å². The van der Waals surface area contributed by atoms with Crippen molar-refractivity contribution in [3.8, 4) is 34.1 Å². The molecule has 0 spiro atoms. The maximum Gasteiger partial charge on any atom is 0.169 e. The van der Waals surface area contributed by atoms with Crippen LogP contribution in [0.15, 0.2) is 36.4 Å². The second-order valence-corrected chi connectivity index (χ2v) is 12.4. The molecule has 4 aromatic carbocycles. The number of carbonyl (C=O) groups is 4. The fourth-order valence-electron chi connectivity index (χ4n) is 7.66. The Morgan fingerprint density at radius 3 is 1.30 bits per heavy atom. The number of benzene rings is 4. The number of aliphatic hydroxyl groups is 2. The van der Waals surface area contributed by atoms with Crippen LogP contribution < -0.4 is 0 Å². The first kappa shape index (κ1) is 29.3. The SMILES string of the molecule is CC(=O)[C@H]1c2c(c(O)c3c(O)cccc3c2-c2c3c(c(O)c4c(O)cccc24)C(=O)C[C@](C)(O)[C@H]3C(C)=O)C(=O)C[C@]1(C)O. The van der Waals surface area contributed by atoms with Crippen LogP contribution in [-0.4, -0.2) is 65.0 Å². The summed E-state index contributed by atoms with van der Waals surface area (Å²) in [7, 11) is 0. The number of phenols is 4. The summed E-state index contributed by atoms with van der Waals surface area (Å²) in [6, 6.07) is 8.47. The average Bonchev–Trinajstić information content (AvgIpc) is 2.87. The average molecular weight is 599 g/mol. The van der Waals surface area contributed by atoms with E-state index in [0.29, 0.717) is 0 Å². The molecule has 0 heterocycles. The molecule has 0 saturated carbocycles. The standard InChI is InChI=1S/C34H30O10/c1-13(35)29-27-23(15-7-5-9-17(37)21(15)31(41)25(27)19(39)11-33(29,3)43)24-16-8-6-10-18(38)22(16)32(42)26-20(40)12-34(4,44)30(14(2)36)28(24)26/h5-10,29-30,37-38,41-44H,11-12H2,1-4H3/t29-,30-,33-,34-/m0/s1. The van der Waals surface area contributed by atoms with E-state index in [4.69, 9.17) is 0 Å². The minimum atomic E-state index is -1.93. The number of carbonyl (C=O) groups excluding carboxylic acids is 4. The summed E-state index contributed by atoms with van der Waals surface area (Å²) in [5, 5.41) is 67.8. The fraction of sp³-hybridized carbons (Fsp3) is 0.294. The number of ketones is 4. The van der Waals surface area contributed by atoms with Crippen molar-refractivity contribution >= 4 is 44.7 Å². The molecule has 0 bridgehead atoms. The third-order valence-electron chi connectivity index (χ3n) is 9.13. The van der Waals surface area contributed by atoms with Gasteiger partial charge in [-0.05, 0) is 72.9 Å². The molecule has 0 unspecified atom stereocenters. The number of aromatic hydroxyl groups is 4. The summed E-state index contributed by atoms with van der Waals surface area (Å²) in [6.45, 7) is 5.07. The Kier molecular flexibility index (Phi) is 6.22. The summed E-state index contributed by atoms with van der Waals surface area (Å²) in [4.78, 5) is 54.0. The maximum absolute atomic E-state index is 13.7. The Bertz CT molecular complexity index is 1870. The molecule has 44 heavy (non-hydrogen) atoms. The number of Topliss-reactive ketones (excluding diaryl/α,β-unsaturated/α-hetero) is 4. The van der Waals surface area contributed by atoms with Crippen molar-refractivity contribution in [1.29, 1.82) is 0 Å². The molecule has 6 N–H and O–H groups in total. The van der Waals surface area contributed by atoms with Crippen molar-refractivity contribution in [1.82, 2.24) is 0 Å². The Labute approximate surface area is 250 Å². The zero-order valence-corrected chi connectivity index (χ0v) is 24.3. The highest BCUT2D eigenvalue weighted by atomic mass is 16.3. The van der Waals surface area contributed by atoms with Crippen molar-refractivity contribution < 1.29 is 49.8 Å². The highest BCUT2D eigenvalue weighted by Gasteiger charge is 2.51. The highest BCUT2D eigenvalue weighted by molar-refractivity contribution is 6.23. The van der Waals surface area contributed by atoms with Gasteiger partial charge in [-0.3, -0.25) is 19.2 Å². The fourth-order valence-corrected chi connectivity index (χ4v) is 7.66. The molecule has 2 aliphatic rings. The topological polar surface area (TPSA) is 190 Å². The lowest BCUT2D eigenvalue weighted by atomic mass is 9.63. The summed E-state index contributed by atoms with van der Waals surface area (Å²) in [5.41, 5.74) is -4.70. The first-order chi connectivity index (χ1) is 20.5. The van der Waals surface area contributed by atoms with E-state index in [9.17, 15) is 49.8 Å². The Morgan fingerprint density at radius 1 is 0.636 bits per heavy atom. The van der Waals surface area contributed by atoms with Crippen LogP contribution in [0.1, 0.15) is 84.2 Å². The van der Waals surface area contributed by atoms with Crippen molar-refractivity contribution in [3.63, 3.8) is 0 Å². The lowest BCUT2D eigenvalue weighted by Gasteiger charge is -2.41. The third kappa shape index (κ3) is 3.80. The number of phenolic OH excluding ortho intramolecular Hbond substituents is 4. The normalized spacial score (nSPS) is 24.8. The zero-order valence-electron chi connectivity index (χ0n) is 24.3. The number of rotatable bonds is 3. The first-order valence-electron chi connectivity index (χ1n) is 14.0. The van der Waals surface area contributed by atoms with Crippen LogP contribution in [0.4, 0.5) is 0 Å². The molecule has 0 saturated heterocycles. The Balaban J connectivity index is 2.01. The predicted octanol–water partition coefficient (Wildman–Crippen LogP) is 4.50. The summed E-state index contributed by atoms with van der Waals surface area (Å²) in [6.07, 6.45) is -1.07. The molecule has 4 atom stereocenters. The molecule has 0 amide bonds. The lowest BCUT2D eigenvalue weighted by molar-refractivity contribution is -0.125. The van der Waals surface area contributed by atoms with E-state index in [1.54, 1.807) is 0 Å². The monoisotopic (exact) mass is 598 g/mol. The molecule has 0 radical (unpaired) electrons. The van der Waals surface area contributed by atoms with Gasteiger partial charge in [0.05, 0.1) is 44.9 Å². The van der Waals surface area contributed by atoms with Gasteiger partial charge in [-0.25, -0.2) is 0 Å². The van der Waals surface area contributed by atoms with Gasteiger partial charge in [0, 0.05) is 12.8 Å². The number of hydrogen-bond acceptors (Lipinski definition) is 10. The second kappa shape index (κ2) is 9.35. The van der Waals surface area contributed by atoms with E-state index in [1.807, 2.05) is 0 Å². The van der Waals surface area contributed by atoms with E-state index >= 15 is 0 Å². The molecule has 226 valence electrons. The summed E-state index contributed by atoms with van der Waals surface area (Å²) < 4.78 is 0. The van der Waals surface area contributed by atoms with Gasteiger partial charge in [0.15, 0.2) is 11.6 Å². The smallest absolute Gasteiger partial charge is 0.169 e. The molecule has 6 rings (SSSR count). The molecule has 10 heteroatoms. The molecular formula is C34H30O10. The lowest BCUT2D eigenvalue weighted by Crippen LogP contribution is -2.44. The van der Waals surface area contributed by atoms with Gasteiger partial charge in [-0.1, -0.05) is 24.3 Å². The van der Waals surface area contributed by atoms with E-state index < -0.39 is 82.0 Å². The van der Waals surface area contributed by atoms with Gasteiger partial charge >= 0.3 is 0 Å². The van der Waals surface area contributed by atoms with Gasteiger partial charge < -0.3 is 30.6 Å². The van der Waals surface area contributed by atoms with Crippen LogP contribution >= 0.6 is 0 Å². The summed E-state index contributed by atoms with van der Waals surface area (Å²) in [5.74, 6) is -7.45. The zero-order chi connectivity index (χ0) is 32.2. The minimum absolute atomic E-state index is 0.0147. The number of fused-ring (bicyclic) bond motifs is 4. The highest BCUT2D eigenvalue weighted by Crippen LogP contribution is 2.58. The van der Waals surface area contributed by atoms with Gasteiger partial charge in [0.25, 0.3) is 0 Å². The van der Waals surface area contributed by atoms with Crippen molar-refractivity contribution in [2.75, 3.05) is 0 Å². The van der Waals surface area contributed by atoms with E-state index in [2.05, 4.69) is 0 Å².